The summed E-state index contributed by atoms with van der Waals surface area (Å²) in [5.74, 6) is 0.762. The van der Waals surface area contributed by atoms with Crippen molar-refractivity contribution in [3.8, 4) is 11.4 Å². The lowest BCUT2D eigenvalue weighted by atomic mass is 10.2. The second kappa shape index (κ2) is 6.55. The number of rotatable bonds is 4. The number of anilines is 2. The molecule has 4 rings (SSSR count). The van der Waals surface area contributed by atoms with Crippen LogP contribution in [0.2, 0.25) is 0 Å². The van der Waals surface area contributed by atoms with E-state index >= 15 is 0 Å². The number of imidazole rings is 1. The van der Waals surface area contributed by atoms with Crippen LogP contribution in [0.5, 0.6) is 5.75 Å². The minimum Gasteiger partial charge on any atom is -0.494 e. The zero-order valence-corrected chi connectivity index (χ0v) is 14.9. The minimum atomic E-state index is -4.43. The topological polar surface area (TPSA) is 69.3 Å². The van der Waals surface area contributed by atoms with Crippen molar-refractivity contribution in [2.45, 2.75) is 13.1 Å². The van der Waals surface area contributed by atoms with Gasteiger partial charge in [-0.25, -0.2) is 9.50 Å². The molecule has 28 heavy (non-hydrogen) atoms. The van der Waals surface area contributed by atoms with Gasteiger partial charge in [0.25, 0.3) is 0 Å². The number of alkyl halides is 3. The number of halogens is 3. The first-order valence-corrected chi connectivity index (χ1v) is 8.23. The molecule has 0 amide bonds. The maximum atomic E-state index is 12.8. The number of benzene rings is 1. The van der Waals surface area contributed by atoms with Gasteiger partial charge in [0.1, 0.15) is 5.75 Å². The first kappa shape index (κ1) is 17.8. The van der Waals surface area contributed by atoms with Crippen molar-refractivity contribution in [3.63, 3.8) is 0 Å². The summed E-state index contributed by atoms with van der Waals surface area (Å²) in [6.45, 7) is 1.89. The molecule has 0 bridgehead atoms. The molecule has 0 radical (unpaired) electrons. The third-order valence-electron chi connectivity index (χ3n) is 4.09. The molecule has 3 heterocycles. The number of fused-ring (bicyclic) bond motifs is 1. The highest BCUT2D eigenvalue weighted by molar-refractivity contribution is 5.63. The number of aryl methyl sites for hydroxylation is 1. The van der Waals surface area contributed by atoms with Gasteiger partial charge in [-0.05, 0) is 31.2 Å². The van der Waals surface area contributed by atoms with Gasteiger partial charge in [-0.2, -0.15) is 18.2 Å². The Bertz CT molecular complexity index is 1150. The molecule has 4 aromatic rings. The molecular formula is C18H15F3N6O. The molecule has 0 aliphatic rings. The molecule has 7 nitrogen and oxygen atoms in total. The van der Waals surface area contributed by atoms with E-state index in [1.807, 2.05) is 23.8 Å². The Labute approximate surface area is 157 Å². The van der Waals surface area contributed by atoms with Crippen molar-refractivity contribution in [1.29, 1.82) is 0 Å². The maximum Gasteiger partial charge on any atom is 0.416 e. The highest BCUT2D eigenvalue weighted by Crippen LogP contribution is 2.30. The Kier molecular flexibility index (Phi) is 4.17. The first-order valence-electron chi connectivity index (χ1n) is 8.23. The fraction of sp³-hybridized carbons (Fsp3) is 0.167. The van der Waals surface area contributed by atoms with E-state index in [9.17, 15) is 13.2 Å². The molecule has 0 aliphatic carbocycles. The lowest BCUT2D eigenvalue weighted by Crippen LogP contribution is -2.05. The van der Waals surface area contributed by atoms with E-state index in [4.69, 9.17) is 4.74 Å². The standard InChI is InChI=1S/C18H15F3N6O/c1-11-9-26(10-22-11)14-4-3-13(8-15(14)28-2)23-17-24-16-7-12(18(19,20)21)5-6-27(16)25-17/h3-10H,1-2H3,(H,23,25). The molecule has 1 aromatic carbocycles. The Hall–Kier alpha value is -3.56. The average Bonchev–Trinajstić information content (AvgIpc) is 3.25. The van der Waals surface area contributed by atoms with Crippen LogP contribution in [0.4, 0.5) is 24.8 Å². The van der Waals surface area contributed by atoms with Crippen LogP contribution in [0.15, 0.2) is 49.1 Å². The van der Waals surface area contributed by atoms with E-state index in [1.54, 1.807) is 25.6 Å². The first-order chi connectivity index (χ1) is 13.3. The van der Waals surface area contributed by atoms with E-state index in [0.717, 1.165) is 23.5 Å². The molecule has 0 atom stereocenters. The quantitative estimate of drug-likeness (QED) is 0.572. The van der Waals surface area contributed by atoms with Gasteiger partial charge >= 0.3 is 6.18 Å². The summed E-state index contributed by atoms with van der Waals surface area (Å²) in [4.78, 5) is 8.30. The lowest BCUT2D eigenvalue weighted by molar-refractivity contribution is -0.137. The van der Waals surface area contributed by atoms with Crippen molar-refractivity contribution in [2.75, 3.05) is 12.4 Å². The van der Waals surface area contributed by atoms with Gasteiger partial charge < -0.3 is 14.6 Å². The van der Waals surface area contributed by atoms with Crippen LogP contribution in [0, 0.1) is 6.92 Å². The second-order valence-corrected chi connectivity index (χ2v) is 6.09. The SMILES string of the molecule is COc1cc(Nc2nc3cc(C(F)(F)F)ccn3n2)ccc1-n1cnc(C)c1. The smallest absolute Gasteiger partial charge is 0.416 e. The fourth-order valence-corrected chi connectivity index (χ4v) is 2.76. The number of hydrogen-bond acceptors (Lipinski definition) is 5. The lowest BCUT2D eigenvalue weighted by Gasteiger charge is -2.11. The zero-order chi connectivity index (χ0) is 19.9. The van der Waals surface area contributed by atoms with Crippen molar-refractivity contribution in [2.24, 2.45) is 0 Å². The van der Waals surface area contributed by atoms with Gasteiger partial charge in [-0.3, -0.25) is 0 Å². The molecule has 1 N–H and O–H groups in total. The van der Waals surface area contributed by atoms with Crippen LogP contribution in [-0.2, 0) is 6.18 Å². The second-order valence-electron chi connectivity index (χ2n) is 6.09. The van der Waals surface area contributed by atoms with E-state index < -0.39 is 11.7 Å². The molecule has 0 spiro atoms. The largest absolute Gasteiger partial charge is 0.494 e. The average molecular weight is 388 g/mol. The maximum absolute atomic E-state index is 12.8. The zero-order valence-electron chi connectivity index (χ0n) is 14.9. The van der Waals surface area contributed by atoms with Gasteiger partial charge in [-0.1, -0.05) is 0 Å². The predicted octanol–water partition coefficient (Wildman–Crippen LogP) is 3.99. The summed E-state index contributed by atoms with van der Waals surface area (Å²) in [6, 6.07) is 7.27. The van der Waals surface area contributed by atoms with Crippen LogP contribution < -0.4 is 10.1 Å². The number of nitrogens with one attached hydrogen (secondary N) is 1. The number of methoxy groups -OCH3 is 1. The van der Waals surface area contributed by atoms with Gasteiger partial charge in [-0.15, -0.1) is 5.10 Å². The van der Waals surface area contributed by atoms with Crippen molar-refractivity contribution in [3.05, 3.63) is 60.3 Å². The van der Waals surface area contributed by atoms with Gasteiger partial charge in [0, 0.05) is 24.1 Å². The van der Waals surface area contributed by atoms with Gasteiger partial charge in [0.15, 0.2) is 5.65 Å². The highest BCUT2D eigenvalue weighted by Gasteiger charge is 2.31. The van der Waals surface area contributed by atoms with E-state index in [1.165, 1.54) is 10.7 Å². The molecule has 0 aliphatic heterocycles. The number of aromatic nitrogens is 5. The van der Waals surface area contributed by atoms with Crippen molar-refractivity contribution in [1.82, 2.24) is 24.1 Å². The number of hydrogen-bond donors (Lipinski definition) is 1. The Morgan fingerprint density at radius 1 is 1.14 bits per heavy atom. The summed E-state index contributed by atoms with van der Waals surface area (Å²) in [5, 5.41) is 7.12. The van der Waals surface area contributed by atoms with Gasteiger partial charge in [0.2, 0.25) is 5.95 Å². The van der Waals surface area contributed by atoms with Crippen LogP contribution in [0.1, 0.15) is 11.3 Å². The Balaban J connectivity index is 1.63. The number of nitrogens with zero attached hydrogens (tertiary/aromatic N) is 5. The Morgan fingerprint density at radius 3 is 2.64 bits per heavy atom. The minimum absolute atomic E-state index is 0.0924. The third-order valence-corrected chi connectivity index (χ3v) is 4.09. The highest BCUT2D eigenvalue weighted by atomic mass is 19.4. The predicted molar refractivity (Wildman–Crippen MR) is 96.1 cm³/mol. The molecule has 0 unspecified atom stereocenters. The molecule has 0 fully saturated rings. The van der Waals surface area contributed by atoms with Gasteiger partial charge in [0.05, 0.1) is 30.4 Å². The van der Waals surface area contributed by atoms with Crippen LogP contribution in [0.3, 0.4) is 0 Å². The van der Waals surface area contributed by atoms with Crippen LogP contribution >= 0.6 is 0 Å². The molecular weight excluding hydrogens is 373 g/mol. The van der Waals surface area contributed by atoms with E-state index in [-0.39, 0.29) is 11.6 Å². The summed E-state index contributed by atoms with van der Waals surface area (Å²) in [7, 11) is 1.55. The molecule has 0 saturated carbocycles. The number of pyridine rings is 1. The monoisotopic (exact) mass is 388 g/mol. The molecule has 3 aromatic heterocycles. The van der Waals surface area contributed by atoms with Crippen molar-refractivity contribution >= 4 is 17.3 Å². The normalized spacial score (nSPS) is 11.8. The molecule has 0 saturated heterocycles. The molecule has 10 heteroatoms. The fourth-order valence-electron chi connectivity index (χ4n) is 2.76. The van der Waals surface area contributed by atoms with E-state index in [0.29, 0.717) is 11.4 Å². The summed E-state index contributed by atoms with van der Waals surface area (Å²) in [6.07, 6.45) is 0.340. The van der Waals surface area contributed by atoms with Crippen molar-refractivity contribution < 1.29 is 17.9 Å². The summed E-state index contributed by atoms with van der Waals surface area (Å²) < 4.78 is 47.1. The number of ether oxygens (including phenoxy) is 1. The van der Waals surface area contributed by atoms with Crippen LogP contribution in [0.25, 0.3) is 11.3 Å². The van der Waals surface area contributed by atoms with Crippen LogP contribution in [-0.4, -0.2) is 31.3 Å². The molecule has 144 valence electrons. The van der Waals surface area contributed by atoms with E-state index in [2.05, 4.69) is 20.4 Å². The third kappa shape index (κ3) is 3.36. The summed E-state index contributed by atoms with van der Waals surface area (Å²) >= 11 is 0. The Morgan fingerprint density at radius 2 is 1.96 bits per heavy atom. The summed E-state index contributed by atoms with van der Waals surface area (Å²) in [5.41, 5.74) is 1.61.